The molecule has 0 amide bonds. The molecule has 72 valence electrons. The monoisotopic (exact) mass is 179 g/mol. The van der Waals surface area contributed by atoms with E-state index in [1.807, 2.05) is 31.2 Å². The third-order valence-electron chi connectivity index (χ3n) is 1.88. The molecule has 1 aromatic carbocycles. The highest BCUT2D eigenvalue weighted by Gasteiger charge is 1.98. The van der Waals surface area contributed by atoms with E-state index in [0.717, 1.165) is 24.3 Å². The second-order valence-corrected chi connectivity index (χ2v) is 3.21. The van der Waals surface area contributed by atoms with Crippen molar-refractivity contribution < 1.29 is 4.74 Å². The second-order valence-electron chi connectivity index (χ2n) is 3.21. The Morgan fingerprint density at radius 2 is 1.92 bits per heavy atom. The molecule has 2 heteroatoms. The minimum absolute atomic E-state index is 0.0974. The van der Waals surface area contributed by atoms with Gasteiger partial charge in [-0.15, -0.1) is 0 Å². The fourth-order valence-corrected chi connectivity index (χ4v) is 1.09. The average Bonchev–Trinajstić information content (AvgIpc) is 2.15. The lowest BCUT2D eigenvalue weighted by molar-refractivity contribution is 0.317. The molecule has 0 aromatic heterocycles. The van der Waals surface area contributed by atoms with E-state index in [1.165, 1.54) is 0 Å². The van der Waals surface area contributed by atoms with Crippen molar-refractivity contribution >= 4 is 0 Å². The molecule has 0 heterocycles. The quantitative estimate of drug-likeness (QED) is 0.770. The van der Waals surface area contributed by atoms with Gasteiger partial charge in [0.05, 0.1) is 6.61 Å². The van der Waals surface area contributed by atoms with Gasteiger partial charge in [-0.2, -0.15) is 0 Å². The molecule has 0 saturated heterocycles. The summed E-state index contributed by atoms with van der Waals surface area (Å²) < 4.78 is 5.45. The molecule has 1 aromatic rings. The van der Waals surface area contributed by atoms with Crippen molar-refractivity contribution in [1.82, 2.24) is 0 Å². The molecular weight excluding hydrogens is 162 g/mol. The van der Waals surface area contributed by atoms with Crippen LogP contribution >= 0.6 is 0 Å². The van der Waals surface area contributed by atoms with Crippen LogP contribution in [0.3, 0.4) is 0 Å². The van der Waals surface area contributed by atoms with Crippen molar-refractivity contribution in [1.29, 1.82) is 0 Å². The van der Waals surface area contributed by atoms with Crippen LogP contribution in [0, 0.1) is 0 Å². The van der Waals surface area contributed by atoms with Crippen LogP contribution in [0.4, 0.5) is 0 Å². The molecule has 1 atom stereocenters. The van der Waals surface area contributed by atoms with Crippen molar-refractivity contribution in [2.45, 2.75) is 26.3 Å². The van der Waals surface area contributed by atoms with Crippen molar-refractivity contribution in [3.63, 3.8) is 0 Å². The average molecular weight is 179 g/mol. The minimum Gasteiger partial charge on any atom is -0.494 e. The summed E-state index contributed by atoms with van der Waals surface area (Å²) in [5.41, 5.74) is 6.87. The number of rotatable bonds is 4. The molecule has 0 aliphatic rings. The summed E-state index contributed by atoms with van der Waals surface area (Å²) >= 11 is 0. The first kappa shape index (κ1) is 10.1. The van der Waals surface area contributed by atoms with Gasteiger partial charge in [-0.3, -0.25) is 0 Å². The molecule has 13 heavy (non-hydrogen) atoms. The Labute approximate surface area is 79.7 Å². The summed E-state index contributed by atoms with van der Waals surface area (Å²) in [6.45, 7) is 4.84. The maximum atomic E-state index is 5.72. The summed E-state index contributed by atoms with van der Waals surface area (Å²) in [6, 6.07) is 8.05. The van der Waals surface area contributed by atoms with Gasteiger partial charge >= 0.3 is 0 Å². The Morgan fingerprint density at radius 1 is 1.31 bits per heavy atom. The third kappa shape index (κ3) is 3.07. The topological polar surface area (TPSA) is 35.2 Å². The summed E-state index contributed by atoms with van der Waals surface area (Å²) in [7, 11) is 0. The van der Waals surface area contributed by atoms with E-state index in [1.54, 1.807) is 0 Å². The van der Waals surface area contributed by atoms with Gasteiger partial charge in [0.2, 0.25) is 0 Å². The largest absolute Gasteiger partial charge is 0.494 e. The molecule has 0 unspecified atom stereocenters. The van der Waals surface area contributed by atoms with E-state index in [2.05, 4.69) is 6.92 Å². The van der Waals surface area contributed by atoms with Gasteiger partial charge in [-0.1, -0.05) is 19.1 Å². The number of hydrogen-bond donors (Lipinski definition) is 1. The molecule has 2 N–H and O–H groups in total. The van der Waals surface area contributed by atoms with E-state index in [9.17, 15) is 0 Å². The first-order valence-electron chi connectivity index (χ1n) is 4.72. The molecule has 0 aliphatic carbocycles. The number of ether oxygens (including phenoxy) is 1. The predicted molar refractivity (Wildman–Crippen MR) is 54.8 cm³/mol. The Kier molecular flexibility index (Phi) is 3.77. The van der Waals surface area contributed by atoms with Crippen LogP contribution in [0.15, 0.2) is 24.3 Å². The highest BCUT2D eigenvalue weighted by Crippen LogP contribution is 2.15. The van der Waals surface area contributed by atoms with Gasteiger partial charge in [0.25, 0.3) is 0 Å². The highest BCUT2D eigenvalue weighted by atomic mass is 16.5. The summed E-state index contributed by atoms with van der Waals surface area (Å²) in [5, 5.41) is 0. The minimum atomic E-state index is 0.0974. The van der Waals surface area contributed by atoms with E-state index in [4.69, 9.17) is 10.5 Å². The fraction of sp³-hybridized carbons (Fsp3) is 0.455. The lowest BCUT2D eigenvalue weighted by atomic mass is 10.1. The van der Waals surface area contributed by atoms with Gasteiger partial charge in [0.1, 0.15) is 5.75 Å². The molecule has 0 radical (unpaired) electrons. The standard InChI is InChI=1S/C11H17NO/c1-3-8-13-11-6-4-10(5-7-11)9(2)12/h4-7,9H,3,8,12H2,1-2H3/t9-/m0/s1. The van der Waals surface area contributed by atoms with Gasteiger partial charge < -0.3 is 10.5 Å². The number of hydrogen-bond acceptors (Lipinski definition) is 2. The molecule has 2 nitrogen and oxygen atoms in total. The molecule has 0 spiro atoms. The summed E-state index contributed by atoms with van der Waals surface area (Å²) in [5.74, 6) is 0.922. The molecule has 0 bridgehead atoms. The maximum Gasteiger partial charge on any atom is 0.119 e. The zero-order chi connectivity index (χ0) is 9.68. The first-order valence-corrected chi connectivity index (χ1v) is 4.72. The van der Waals surface area contributed by atoms with Gasteiger partial charge in [-0.25, -0.2) is 0 Å². The summed E-state index contributed by atoms with van der Waals surface area (Å²) in [4.78, 5) is 0. The lowest BCUT2D eigenvalue weighted by Gasteiger charge is -2.07. The SMILES string of the molecule is CCCOc1ccc([C@H](C)N)cc1. The zero-order valence-electron chi connectivity index (χ0n) is 8.29. The Morgan fingerprint density at radius 3 is 2.38 bits per heavy atom. The second kappa shape index (κ2) is 4.87. The Bertz CT molecular complexity index is 241. The van der Waals surface area contributed by atoms with Gasteiger partial charge in [0.15, 0.2) is 0 Å². The van der Waals surface area contributed by atoms with Crippen LogP contribution in [0.2, 0.25) is 0 Å². The predicted octanol–water partition coefficient (Wildman–Crippen LogP) is 2.50. The molecule has 0 aliphatic heterocycles. The van der Waals surface area contributed by atoms with Gasteiger partial charge in [-0.05, 0) is 31.0 Å². The molecule has 0 fully saturated rings. The lowest BCUT2D eigenvalue weighted by Crippen LogP contribution is -2.04. The van der Waals surface area contributed by atoms with Crippen molar-refractivity contribution in [2.75, 3.05) is 6.61 Å². The van der Waals surface area contributed by atoms with Crippen LogP contribution < -0.4 is 10.5 Å². The van der Waals surface area contributed by atoms with Crippen LogP contribution in [0.25, 0.3) is 0 Å². The van der Waals surface area contributed by atoms with Gasteiger partial charge in [0, 0.05) is 6.04 Å². The van der Waals surface area contributed by atoms with Crippen molar-refractivity contribution in [3.05, 3.63) is 29.8 Å². The van der Waals surface area contributed by atoms with E-state index >= 15 is 0 Å². The first-order chi connectivity index (χ1) is 6.24. The van der Waals surface area contributed by atoms with Crippen molar-refractivity contribution in [3.8, 4) is 5.75 Å². The van der Waals surface area contributed by atoms with Crippen LogP contribution in [-0.4, -0.2) is 6.61 Å². The van der Waals surface area contributed by atoms with Crippen LogP contribution in [0.5, 0.6) is 5.75 Å². The number of nitrogens with two attached hydrogens (primary N) is 1. The van der Waals surface area contributed by atoms with E-state index in [-0.39, 0.29) is 6.04 Å². The normalized spacial score (nSPS) is 12.5. The third-order valence-corrected chi connectivity index (χ3v) is 1.88. The zero-order valence-corrected chi connectivity index (χ0v) is 8.29. The smallest absolute Gasteiger partial charge is 0.119 e. The maximum absolute atomic E-state index is 5.72. The fourth-order valence-electron chi connectivity index (χ4n) is 1.09. The Balaban J connectivity index is 2.59. The number of benzene rings is 1. The van der Waals surface area contributed by atoms with E-state index in [0.29, 0.717) is 0 Å². The Hall–Kier alpha value is -1.02. The molecular formula is C11H17NO. The van der Waals surface area contributed by atoms with Crippen LogP contribution in [-0.2, 0) is 0 Å². The van der Waals surface area contributed by atoms with Crippen molar-refractivity contribution in [2.24, 2.45) is 5.73 Å². The van der Waals surface area contributed by atoms with E-state index < -0.39 is 0 Å². The highest BCUT2D eigenvalue weighted by molar-refractivity contribution is 5.28. The van der Waals surface area contributed by atoms with Crippen LogP contribution in [0.1, 0.15) is 31.9 Å². The molecule has 1 rings (SSSR count). The summed E-state index contributed by atoms with van der Waals surface area (Å²) in [6.07, 6.45) is 1.04. The molecule has 0 saturated carbocycles.